The van der Waals surface area contributed by atoms with Gasteiger partial charge in [-0.25, -0.2) is 4.98 Å². The number of nitrogens with zero attached hydrogens (tertiary/aromatic N) is 1. The normalized spacial score (nSPS) is 10.1. The second kappa shape index (κ2) is 5.54. The number of nitrogens with one attached hydrogen (secondary N) is 1. The number of thiazole rings is 1. The Labute approximate surface area is 115 Å². The summed E-state index contributed by atoms with van der Waals surface area (Å²) in [4.78, 5) is 4.19. The molecule has 3 nitrogen and oxygen atoms in total. The van der Waals surface area contributed by atoms with Gasteiger partial charge in [-0.15, -0.1) is 11.3 Å². The standard InChI is InChI=1S/C15H12N2OS/c1-2-6-13(7-3-1)18-14-8-4-5-12(11-14)17-15-16-9-10-19-15/h1-11H,(H,16,17). The highest BCUT2D eigenvalue weighted by atomic mass is 32.1. The van der Waals surface area contributed by atoms with E-state index in [1.165, 1.54) is 0 Å². The van der Waals surface area contributed by atoms with E-state index in [0.29, 0.717) is 0 Å². The Morgan fingerprint density at radius 1 is 0.947 bits per heavy atom. The maximum absolute atomic E-state index is 5.78. The Hall–Kier alpha value is -2.33. The fourth-order valence-corrected chi connectivity index (χ4v) is 2.22. The number of anilines is 2. The van der Waals surface area contributed by atoms with Crippen molar-refractivity contribution < 1.29 is 4.74 Å². The molecule has 0 saturated heterocycles. The third-order valence-corrected chi connectivity index (χ3v) is 3.19. The van der Waals surface area contributed by atoms with Crippen LogP contribution in [0.25, 0.3) is 0 Å². The predicted molar refractivity (Wildman–Crippen MR) is 78.4 cm³/mol. The zero-order valence-corrected chi connectivity index (χ0v) is 10.9. The van der Waals surface area contributed by atoms with E-state index in [0.717, 1.165) is 22.3 Å². The molecule has 1 heterocycles. The summed E-state index contributed by atoms with van der Waals surface area (Å²) in [5.41, 5.74) is 0.961. The lowest BCUT2D eigenvalue weighted by Crippen LogP contribution is -1.90. The maximum Gasteiger partial charge on any atom is 0.187 e. The molecule has 0 bridgehead atoms. The summed E-state index contributed by atoms with van der Waals surface area (Å²) in [5, 5.41) is 6.05. The molecule has 0 amide bonds. The molecule has 3 aromatic rings. The van der Waals surface area contributed by atoms with Crippen molar-refractivity contribution >= 4 is 22.2 Å². The van der Waals surface area contributed by atoms with Crippen LogP contribution < -0.4 is 10.1 Å². The van der Waals surface area contributed by atoms with Gasteiger partial charge in [-0.1, -0.05) is 24.3 Å². The number of hydrogen-bond donors (Lipinski definition) is 1. The van der Waals surface area contributed by atoms with Crippen LogP contribution in [0.2, 0.25) is 0 Å². The molecule has 0 fully saturated rings. The molecule has 0 aliphatic carbocycles. The SMILES string of the molecule is c1ccc(Oc2cccc(Nc3nccs3)c2)cc1. The molecule has 0 spiro atoms. The minimum atomic E-state index is 0.799. The van der Waals surface area contributed by atoms with Crippen molar-refractivity contribution in [1.82, 2.24) is 4.98 Å². The summed E-state index contributed by atoms with van der Waals surface area (Å²) in [6.45, 7) is 0. The van der Waals surface area contributed by atoms with Crippen molar-refractivity contribution in [3.05, 3.63) is 66.2 Å². The van der Waals surface area contributed by atoms with Gasteiger partial charge in [0.2, 0.25) is 0 Å². The first-order chi connectivity index (χ1) is 9.40. The first kappa shape index (κ1) is 11.7. The second-order valence-electron chi connectivity index (χ2n) is 3.91. The summed E-state index contributed by atoms with van der Waals surface area (Å²) in [5.74, 6) is 1.63. The highest BCUT2D eigenvalue weighted by Crippen LogP contribution is 2.26. The van der Waals surface area contributed by atoms with E-state index in [-0.39, 0.29) is 0 Å². The summed E-state index contributed by atoms with van der Waals surface area (Å²) in [6.07, 6.45) is 1.78. The third kappa shape index (κ3) is 3.11. The highest BCUT2D eigenvalue weighted by Gasteiger charge is 2.00. The molecule has 19 heavy (non-hydrogen) atoms. The van der Waals surface area contributed by atoms with Crippen molar-refractivity contribution in [1.29, 1.82) is 0 Å². The lowest BCUT2D eigenvalue weighted by molar-refractivity contribution is 0.483. The van der Waals surface area contributed by atoms with Crippen LogP contribution in [0.5, 0.6) is 11.5 Å². The van der Waals surface area contributed by atoms with Gasteiger partial charge in [0.1, 0.15) is 11.5 Å². The van der Waals surface area contributed by atoms with Gasteiger partial charge < -0.3 is 10.1 Å². The Bertz CT molecular complexity index is 638. The van der Waals surface area contributed by atoms with Gasteiger partial charge in [-0.3, -0.25) is 0 Å². The topological polar surface area (TPSA) is 34.1 Å². The van der Waals surface area contributed by atoms with Crippen LogP contribution >= 0.6 is 11.3 Å². The van der Waals surface area contributed by atoms with Crippen LogP contribution in [0, 0.1) is 0 Å². The van der Waals surface area contributed by atoms with Crippen LogP contribution in [0.1, 0.15) is 0 Å². The smallest absolute Gasteiger partial charge is 0.187 e. The summed E-state index contributed by atoms with van der Waals surface area (Å²) in [6, 6.07) is 17.6. The average molecular weight is 268 g/mol. The van der Waals surface area contributed by atoms with Crippen molar-refractivity contribution in [2.24, 2.45) is 0 Å². The molecule has 0 saturated carbocycles. The van der Waals surface area contributed by atoms with E-state index in [4.69, 9.17) is 4.74 Å². The first-order valence-electron chi connectivity index (χ1n) is 5.90. The zero-order valence-electron chi connectivity index (χ0n) is 10.1. The van der Waals surface area contributed by atoms with Gasteiger partial charge in [0.15, 0.2) is 5.13 Å². The number of rotatable bonds is 4. The highest BCUT2D eigenvalue weighted by molar-refractivity contribution is 7.13. The Morgan fingerprint density at radius 3 is 2.58 bits per heavy atom. The zero-order chi connectivity index (χ0) is 12.9. The number of aromatic nitrogens is 1. The van der Waals surface area contributed by atoms with E-state index < -0.39 is 0 Å². The molecule has 0 aliphatic heterocycles. The molecule has 1 aromatic heterocycles. The average Bonchev–Trinajstić information content (AvgIpc) is 2.93. The number of ether oxygens (including phenoxy) is 1. The molecular formula is C15H12N2OS. The van der Waals surface area contributed by atoms with Crippen molar-refractivity contribution in [2.75, 3.05) is 5.32 Å². The van der Waals surface area contributed by atoms with E-state index in [1.807, 2.05) is 60.0 Å². The molecule has 94 valence electrons. The molecule has 0 atom stereocenters. The largest absolute Gasteiger partial charge is 0.457 e. The quantitative estimate of drug-likeness (QED) is 0.746. The van der Waals surface area contributed by atoms with Gasteiger partial charge in [-0.2, -0.15) is 0 Å². The maximum atomic E-state index is 5.78. The Kier molecular flexibility index (Phi) is 3.42. The van der Waals surface area contributed by atoms with E-state index >= 15 is 0 Å². The van der Waals surface area contributed by atoms with Crippen LogP contribution in [-0.2, 0) is 0 Å². The Balaban J connectivity index is 1.76. The van der Waals surface area contributed by atoms with Crippen LogP contribution in [-0.4, -0.2) is 4.98 Å². The van der Waals surface area contributed by atoms with Crippen LogP contribution in [0.15, 0.2) is 66.2 Å². The number of hydrogen-bond acceptors (Lipinski definition) is 4. The van der Waals surface area contributed by atoms with Gasteiger partial charge in [0.05, 0.1) is 0 Å². The van der Waals surface area contributed by atoms with Crippen molar-refractivity contribution in [3.8, 4) is 11.5 Å². The lowest BCUT2D eigenvalue weighted by atomic mass is 10.3. The summed E-state index contributed by atoms with van der Waals surface area (Å²) in [7, 11) is 0. The van der Waals surface area contributed by atoms with Crippen LogP contribution in [0.4, 0.5) is 10.8 Å². The molecule has 4 heteroatoms. The third-order valence-electron chi connectivity index (χ3n) is 2.50. The van der Waals surface area contributed by atoms with Gasteiger partial charge >= 0.3 is 0 Å². The molecule has 0 aliphatic rings. The fourth-order valence-electron chi connectivity index (χ4n) is 1.67. The minimum Gasteiger partial charge on any atom is -0.457 e. The molecule has 1 N–H and O–H groups in total. The number of benzene rings is 2. The predicted octanol–water partition coefficient (Wildman–Crippen LogP) is 4.68. The summed E-state index contributed by atoms with van der Waals surface area (Å²) < 4.78 is 5.78. The van der Waals surface area contributed by atoms with Crippen molar-refractivity contribution in [3.63, 3.8) is 0 Å². The molecular weight excluding hydrogens is 256 g/mol. The molecule has 0 radical (unpaired) electrons. The van der Waals surface area contributed by atoms with Gasteiger partial charge in [-0.05, 0) is 24.3 Å². The van der Waals surface area contributed by atoms with E-state index in [9.17, 15) is 0 Å². The summed E-state index contributed by atoms with van der Waals surface area (Å²) >= 11 is 1.56. The molecule has 2 aromatic carbocycles. The number of para-hydroxylation sites is 1. The fraction of sp³-hybridized carbons (Fsp3) is 0. The Morgan fingerprint density at radius 2 is 1.79 bits per heavy atom. The van der Waals surface area contributed by atoms with E-state index in [2.05, 4.69) is 10.3 Å². The van der Waals surface area contributed by atoms with Gasteiger partial charge in [0, 0.05) is 23.3 Å². The second-order valence-corrected chi connectivity index (χ2v) is 4.80. The van der Waals surface area contributed by atoms with Gasteiger partial charge in [0.25, 0.3) is 0 Å². The van der Waals surface area contributed by atoms with E-state index in [1.54, 1.807) is 17.5 Å². The molecule has 3 rings (SSSR count). The molecule has 0 unspecified atom stereocenters. The first-order valence-corrected chi connectivity index (χ1v) is 6.77. The van der Waals surface area contributed by atoms with Crippen molar-refractivity contribution in [2.45, 2.75) is 0 Å². The monoisotopic (exact) mass is 268 g/mol. The lowest BCUT2D eigenvalue weighted by Gasteiger charge is -2.08. The minimum absolute atomic E-state index is 0.799. The van der Waals surface area contributed by atoms with Crippen LogP contribution in [0.3, 0.4) is 0 Å².